The van der Waals surface area contributed by atoms with Crippen molar-refractivity contribution in [3.8, 4) is 0 Å². The fourth-order valence-electron chi connectivity index (χ4n) is 2.70. The molecular weight excluding hydrogens is 284 g/mol. The van der Waals surface area contributed by atoms with Crippen LogP contribution in [0.1, 0.15) is 40.3 Å². The van der Waals surface area contributed by atoms with Gasteiger partial charge >= 0.3 is 0 Å². The van der Waals surface area contributed by atoms with Gasteiger partial charge in [0.15, 0.2) is 0 Å². The van der Waals surface area contributed by atoms with Crippen LogP contribution < -0.4 is 4.90 Å². The van der Waals surface area contributed by atoms with Crippen LogP contribution in [0, 0.1) is 0 Å². The highest BCUT2D eigenvalue weighted by molar-refractivity contribution is 7.09. The number of fused-ring (bicyclic) bond motifs is 1. The molecule has 3 rings (SSSR count). The van der Waals surface area contributed by atoms with E-state index in [-0.39, 0.29) is 5.91 Å². The zero-order valence-electron chi connectivity index (χ0n) is 12.2. The van der Waals surface area contributed by atoms with Crippen molar-refractivity contribution in [1.82, 2.24) is 4.98 Å². The molecule has 0 saturated heterocycles. The SMILES string of the molecule is COCc1nc(C(=O)N2CCC(C)c3ccccc32)cs1. The van der Waals surface area contributed by atoms with E-state index in [0.717, 1.165) is 23.7 Å². The van der Waals surface area contributed by atoms with Gasteiger partial charge in [-0.1, -0.05) is 25.1 Å². The van der Waals surface area contributed by atoms with Gasteiger partial charge in [-0.3, -0.25) is 4.79 Å². The number of benzene rings is 1. The number of carbonyl (C=O) groups excluding carboxylic acids is 1. The zero-order valence-corrected chi connectivity index (χ0v) is 13.0. The molecule has 1 atom stereocenters. The van der Waals surface area contributed by atoms with Gasteiger partial charge in [-0.25, -0.2) is 4.98 Å². The van der Waals surface area contributed by atoms with Gasteiger partial charge in [-0.05, 0) is 24.0 Å². The maximum absolute atomic E-state index is 12.7. The topological polar surface area (TPSA) is 42.4 Å². The first kappa shape index (κ1) is 14.2. The second-order valence-electron chi connectivity index (χ2n) is 5.26. The van der Waals surface area contributed by atoms with Crippen molar-refractivity contribution in [1.29, 1.82) is 0 Å². The quantitative estimate of drug-likeness (QED) is 0.872. The number of rotatable bonds is 3. The Labute approximate surface area is 128 Å². The molecule has 0 spiro atoms. The molecule has 2 aromatic rings. The minimum absolute atomic E-state index is 0.0204. The molecule has 1 aromatic carbocycles. The highest BCUT2D eigenvalue weighted by Gasteiger charge is 2.27. The normalized spacial score (nSPS) is 17.6. The van der Waals surface area contributed by atoms with E-state index in [9.17, 15) is 4.79 Å². The number of hydrogen-bond acceptors (Lipinski definition) is 4. The summed E-state index contributed by atoms with van der Waals surface area (Å²) in [6, 6.07) is 8.14. The van der Waals surface area contributed by atoms with Gasteiger partial charge in [0.1, 0.15) is 10.7 Å². The van der Waals surface area contributed by atoms with Crippen LogP contribution in [-0.2, 0) is 11.3 Å². The molecule has 0 fully saturated rings. The highest BCUT2D eigenvalue weighted by atomic mass is 32.1. The third-order valence-corrected chi connectivity index (χ3v) is 4.65. The lowest BCUT2D eigenvalue weighted by Gasteiger charge is -2.32. The summed E-state index contributed by atoms with van der Waals surface area (Å²) >= 11 is 1.46. The molecule has 2 heterocycles. The lowest BCUT2D eigenvalue weighted by Crippen LogP contribution is -2.36. The minimum Gasteiger partial charge on any atom is -0.378 e. The molecule has 0 bridgehead atoms. The number of aromatic nitrogens is 1. The van der Waals surface area contributed by atoms with E-state index in [4.69, 9.17) is 4.74 Å². The number of hydrogen-bond donors (Lipinski definition) is 0. The van der Waals surface area contributed by atoms with Gasteiger partial charge in [-0.2, -0.15) is 0 Å². The fourth-order valence-corrected chi connectivity index (χ4v) is 3.44. The van der Waals surface area contributed by atoms with Crippen LogP contribution in [0.5, 0.6) is 0 Å². The predicted molar refractivity (Wildman–Crippen MR) is 84.0 cm³/mol. The summed E-state index contributed by atoms with van der Waals surface area (Å²) in [7, 11) is 1.63. The first-order valence-electron chi connectivity index (χ1n) is 7.05. The maximum atomic E-state index is 12.7. The Morgan fingerprint density at radius 1 is 1.48 bits per heavy atom. The third kappa shape index (κ3) is 2.71. The molecule has 5 heteroatoms. The van der Waals surface area contributed by atoms with E-state index in [2.05, 4.69) is 18.0 Å². The summed E-state index contributed by atoms with van der Waals surface area (Å²) in [4.78, 5) is 18.9. The van der Waals surface area contributed by atoms with Crippen molar-refractivity contribution in [2.24, 2.45) is 0 Å². The molecule has 110 valence electrons. The van der Waals surface area contributed by atoms with Crippen molar-refractivity contribution in [2.45, 2.75) is 25.9 Å². The molecule has 21 heavy (non-hydrogen) atoms. The molecule has 1 aliphatic rings. The first-order valence-corrected chi connectivity index (χ1v) is 7.93. The number of thiazole rings is 1. The van der Waals surface area contributed by atoms with Crippen LogP contribution >= 0.6 is 11.3 Å². The first-order chi connectivity index (χ1) is 10.2. The summed E-state index contributed by atoms with van der Waals surface area (Å²) < 4.78 is 5.06. The molecule has 1 aliphatic heterocycles. The molecular formula is C16H18N2O2S. The summed E-state index contributed by atoms with van der Waals surface area (Å²) in [5.41, 5.74) is 2.77. The largest absolute Gasteiger partial charge is 0.378 e. The van der Waals surface area contributed by atoms with Crippen LogP contribution in [0.2, 0.25) is 0 Å². The summed E-state index contributed by atoms with van der Waals surface area (Å²) in [6.07, 6.45) is 0.984. The second-order valence-corrected chi connectivity index (χ2v) is 6.21. The molecule has 1 aromatic heterocycles. The maximum Gasteiger partial charge on any atom is 0.277 e. The van der Waals surface area contributed by atoms with Gasteiger partial charge in [0.05, 0.1) is 6.61 Å². The van der Waals surface area contributed by atoms with Crippen molar-refractivity contribution >= 4 is 22.9 Å². The van der Waals surface area contributed by atoms with Crippen LogP contribution in [0.3, 0.4) is 0 Å². The van der Waals surface area contributed by atoms with Crippen LogP contribution in [0.4, 0.5) is 5.69 Å². The Morgan fingerprint density at radius 3 is 3.10 bits per heavy atom. The Bertz CT molecular complexity index is 653. The Morgan fingerprint density at radius 2 is 2.29 bits per heavy atom. The molecule has 4 nitrogen and oxygen atoms in total. The highest BCUT2D eigenvalue weighted by Crippen LogP contribution is 2.35. The number of ether oxygens (including phenoxy) is 1. The van der Waals surface area contributed by atoms with E-state index in [1.165, 1.54) is 16.9 Å². The Kier molecular flexibility index (Phi) is 4.03. The molecule has 0 aliphatic carbocycles. The van der Waals surface area contributed by atoms with Crippen molar-refractivity contribution in [3.05, 3.63) is 45.9 Å². The predicted octanol–water partition coefficient (Wildman–Crippen LogP) is 3.44. The third-order valence-electron chi connectivity index (χ3n) is 3.83. The second kappa shape index (κ2) is 5.95. The number of amides is 1. The number of carbonyl (C=O) groups is 1. The molecule has 0 radical (unpaired) electrons. The minimum atomic E-state index is -0.0204. The van der Waals surface area contributed by atoms with E-state index in [1.54, 1.807) is 7.11 Å². The number of para-hydroxylation sites is 1. The Balaban J connectivity index is 1.89. The average Bonchev–Trinajstić information content (AvgIpc) is 2.96. The van der Waals surface area contributed by atoms with Crippen LogP contribution in [0.15, 0.2) is 29.6 Å². The van der Waals surface area contributed by atoms with E-state index >= 15 is 0 Å². The zero-order chi connectivity index (χ0) is 14.8. The lowest BCUT2D eigenvalue weighted by atomic mass is 9.91. The summed E-state index contributed by atoms with van der Waals surface area (Å²) in [5.74, 6) is 0.470. The average molecular weight is 302 g/mol. The standard InChI is InChI=1S/C16H18N2O2S/c1-11-7-8-18(14-6-4-3-5-12(11)14)16(19)13-10-21-15(17-13)9-20-2/h3-6,10-11H,7-9H2,1-2H3. The van der Waals surface area contributed by atoms with Crippen LogP contribution in [0.25, 0.3) is 0 Å². The molecule has 0 N–H and O–H groups in total. The van der Waals surface area contributed by atoms with E-state index in [1.807, 2.05) is 28.5 Å². The molecule has 1 amide bonds. The van der Waals surface area contributed by atoms with Crippen molar-refractivity contribution < 1.29 is 9.53 Å². The smallest absolute Gasteiger partial charge is 0.277 e. The van der Waals surface area contributed by atoms with Gasteiger partial charge in [0.25, 0.3) is 5.91 Å². The molecule has 1 unspecified atom stereocenters. The fraction of sp³-hybridized carbons (Fsp3) is 0.375. The lowest BCUT2D eigenvalue weighted by molar-refractivity contribution is 0.0979. The van der Waals surface area contributed by atoms with Crippen LogP contribution in [-0.4, -0.2) is 24.5 Å². The van der Waals surface area contributed by atoms with Gasteiger partial charge < -0.3 is 9.64 Å². The number of anilines is 1. The van der Waals surface area contributed by atoms with E-state index in [0.29, 0.717) is 18.2 Å². The van der Waals surface area contributed by atoms with Crippen molar-refractivity contribution in [3.63, 3.8) is 0 Å². The monoisotopic (exact) mass is 302 g/mol. The van der Waals surface area contributed by atoms with Gasteiger partial charge in [0, 0.05) is 24.7 Å². The van der Waals surface area contributed by atoms with E-state index < -0.39 is 0 Å². The number of nitrogens with zero attached hydrogens (tertiary/aromatic N) is 2. The van der Waals surface area contributed by atoms with Crippen molar-refractivity contribution in [2.75, 3.05) is 18.6 Å². The summed E-state index contributed by atoms with van der Waals surface area (Å²) in [5, 5.41) is 2.65. The molecule has 0 saturated carbocycles. The summed E-state index contributed by atoms with van der Waals surface area (Å²) in [6.45, 7) is 3.40. The van der Waals surface area contributed by atoms with Gasteiger partial charge in [0.2, 0.25) is 0 Å². The van der Waals surface area contributed by atoms with Gasteiger partial charge in [-0.15, -0.1) is 11.3 Å². The Hall–Kier alpha value is -1.72. The number of methoxy groups -OCH3 is 1.